The number of amides is 1. The summed E-state index contributed by atoms with van der Waals surface area (Å²) in [4.78, 5) is 43.1. The molecule has 2 aromatic heterocycles. The highest BCUT2D eigenvalue weighted by Crippen LogP contribution is 2.33. The number of benzene rings is 1. The van der Waals surface area contributed by atoms with Crippen LogP contribution in [0.25, 0.3) is 10.8 Å². The average Bonchev–Trinajstić information content (AvgIpc) is 3.46. The van der Waals surface area contributed by atoms with Gasteiger partial charge >= 0.3 is 0 Å². The molecule has 0 radical (unpaired) electrons. The summed E-state index contributed by atoms with van der Waals surface area (Å²) in [5, 5.41) is 9.39. The highest BCUT2D eigenvalue weighted by Gasteiger charge is 2.31. The molecule has 0 spiro atoms. The fourth-order valence-corrected chi connectivity index (χ4v) is 5.69. The van der Waals surface area contributed by atoms with E-state index in [1.165, 1.54) is 16.4 Å². The van der Waals surface area contributed by atoms with Gasteiger partial charge in [-0.3, -0.25) is 19.0 Å². The van der Waals surface area contributed by atoms with E-state index in [9.17, 15) is 14.4 Å². The van der Waals surface area contributed by atoms with Crippen LogP contribution >= 0.6 is 11.8 Å². The van der Waals surface area contributed by atoms with Gasteiger partial charge in [0.15, 0.2) is 5.16 Å². The van der Waals surface area contributed by atoms with Gasteiger partial charge in [-0.25, -0.2) is 9.67 Å². The molecule has 1 aliphatic carbocycles. The molecule has 10 heteroatoms. The molecule has 1 atom stereocenters. The number of aromatic nitrogens is 4. The minimum atomic E-state index is -0.212. The van der Waals surface area contributed by atoms with E-state index in [1.807, 2.05) is 18.2 Å². The van der Waals surface area contributed by atoms with Gasteiger partial charge in [-0.2, -0.15) is 5.10 Å². The average molecular weight is 468 g/mol. The molecular formula is C23H25N5O4S. The van der Waals surface area contributed by atoms with Crippen molar-refractivity contribution in [3.05, 3.63) is 61.9 Å². The molecule has 3 heterocycles. The summed E-state index contributed by atoms with van der Waals surface area (Å²) in [5.41, 5.74) is 2.17. The van der Waals surface area contributed by atoms with Crippen molar-refractivity contribution in [3.63, 3.8) is 0 Å². The van der Waals surface area contributed by atoms with Crippen molar-refractivity contribution >= 4 is 28.4 Å². The highest BCUT2D eigenvalue weighted by atomic mass is 32.2. The summed E-state index contributed by atoms with van der Waals surface area (Å²) in [6, 6.07) is 7.04. The lowest BCUT2D eigenvalue weighted by atomic mass is 10.1. The second kappa shape index (κ2) is 9.11. The Kier molecular flexibility index (Phi) is 6.03. The number of nitrogens with one attached hydrogen (secondary N) is 1. The van der Waals surface area contributed by atoms with Gasteiger partial charge in [-0.05, 0) is 25.3 Å². The Balaban J connectivity index is 1.33. The van der Waals surface area contributed by atoms with Crippen LogP contribution in [-0.4, -0.2) is 44.7 Å². The first-order valence-corrected chi connectivity index (χ1v) is 12.1. The van der Waals surface area contributed by atoms with Gasteiger partial charge < -0.3 is 10.1 Å². The van der Waals surface area contributed by atoms with E-state index in [2.05, 4.69) is 15.4 Å². The first-order chi connectivity index (χ1) is 16.1. The lowest BCUT2D eigenvalue weighted by Gasteiger charge is -2.15. The number of ether oxygens (including phenoxy) is 1. The zero-order valence-electron chi connectivity index (χ0n) is 18.4. The molecule has 1 unspecified atom stereocenters. The second-order valence-corrected chi connectivity index (χ2v) is 9.29. The lowest BCUT2D eigenvalue weighted by Crippen LogP contribution is -2.33. The van der Waals surface area contributed by atoms with E-state index in [1.54, 1.807) is 17.7 Å². The van der Waals surface area contributed by atoms with Gasteiger partial charge in [0.2, 0.25) is 5.91 Å². The molecule has 0 fully saturated rings. The van der Waals surface area contributed by atoms with Crippen molar-refractivity contribution in [2.45, 2.75) is 50.0 Å². The maximum Gasteiger partial charge on any atom is 0.274 e. The molecule has 2 aliphatic rings. The van der Waals surface area contributed by atoms with Crippen LogP contribution in [0.5, 0.6) is 0 Å². The van der Waals surface area contributed by atoms with Gasteiger partial charge in [-0.1, -0.05) is 30.0 Å². The number of nitrogens with zero attached hydrogens (tertiary/aromatic N) is 4. The fourth-order valence-electron chi connectivity index (χ4n) is 4.54. The molecule has 0 saturated carbocycles. The van der Waals surface area contributed by atoms with E-state index >= 15 is 0 Å². The Hall–Kier alpha value is -2.98. The number of aryl methyl sites for hydroxylation is 1. The van der Waals surface area contributed by atoms with Crippen LogP contribution < -0.4 is 16.4 Å². The zero-order chi connectivity index (χ0) is 22.9. The number of hydrogen-bond acceptors (Lipinski definition) is 7. The summed E-state index contributed by atoms with van der Waals surface area (Å²) >= 11 is 1.54. The monoisotopic (exact) mass is 467 g/mol. The minimum absolute atomic E-state index is 0.00757. The van der Waals surface area contributed by atoms with E-state index in [0.717, 1.165) is 35.7 Å². The van der Waals surface area contributed by atoms with Gasteiger partial charge in [-0.15, -0.1) is 0 Å². The van der Waals surface area contributed by atoms with Gasteiger partial charge in [0, 0.05) is 30.2 Å². The SMILES string of the molecule is COCCn1nc(CNC(=O)CC2CSc3nc4c(c(=O)n32)CCC4)c2ccccc2c1=O. The van der Waals surface area contributed by atoms with Crippen LogP contribution in [0.3, 0.4) is 0 Å². The van der Waals surface area contributed by atoms with Gasteiger partial charge in [0.25, 0.3) is 11.1 Å². The van der Waals surface area contributed by atoms with Crippen LogP contribution in [0.2, 0.25) is 0 Å². The quantitative estimate of drug-likeness (QED) is 0.524. The third kappa shape index (κ3) is 4.08. The maximum atomic E-state index is 13.0. The van der Waals surface area contributed by atoms with Crippen LogP contribution in [0, 0.1) is 0 Å². The summed E-state index contributed by atoms with van der Waals surface area (Å²) in [6.45, 7) is 0.885. The van der Waals surface area contributed by atoms with E-state index in [0.29, 0.717) is 35.4 Å². The molecule has 0 saturated heterocycles. The Morgan fingerprint density at radius 2 is 2.03 bits per heavy atom. The van der Waals surface area contributed by atoms with Crippen molar-refractivity contribution in [1.29, 1.82) is 0 Å². The summed E-state index contributed by atoms with van der Waals surface area (Å²) in [7, 11) is 1.57. The number of carbonyl (C=O) groups is 1. The van der Waals surface area contributed by atoms with Crippen LogP contribution in [0.15, 0.2) is 39.0 Å². The Bertz CT molecular complexity index is 1350. The summed E-state index contributed by atoms with van der Waals surface area (Å²) in [6.07, 6.45) is 2.78. The lowest BCUT2D eigenvalue weighted by molar-refractivity contribution is -0.121. The zero-order valence-corrected chi connectivity index (χ0v) is 19.2. The number of thioether (sulfide) groups is 1. The molecule has 1 aromatic carbocycles. The van der Waals surface area contributed by atoms with E-state index in [4.69, 9.17) is 4.74 Å². The molecule has 0 bridgehead atoms. The van der Waals surface area contributed by atoms with Crippen molar-refractivity contribution in [2.75, 3.05) is 19.5 Å². The van der Waals surface area contributed by atoms with Crippen molar-refractivity contribution in [3.8, 4) is 0 Å². The van der Waals surface area contributed by atoms with Crippen molar-refractivity contribution in [1.82, 2.24) is 24.6 Å². The Morgan fingerprint density at radius 1 is 1.21 bits per heavy atom. The van der Waals surface area contributed by atoms with E-state index in [-0.39, 0.29) is 36.0 Å². The molecule has 33 heavy (non-hydrogen) atoms. The molecule has 172 valence electrons. The molecule has 1 aliphatic heterocycles. The second-order valence-electron chi connectivity index (χ2n) is 8.31. The minimum Gasteiger partial charge on any atom is -0.383 e. The Labute approximate surface area is 194 Å². The smallest absolute Gasteiger partial charge is 0.274 e. The van der Waals surface area contributed by atoms with Gasteiger partial charge in [0.1, 0.15) is 0 Å². The topological polar surface area (TPSA) is 108 Å². The molecule has 3 aromatic rings. The Morgan fingerprint density at radius 3 is 2.85 bits per heavy atom. The molecule has 9 nitrogen and oxygen atoms in total. The predicted molar refractivity (Wildman–Crippen MR) is 125 cm³/mol. The van der Waals surface area contributed by atoms with Crippen LogP contribution in [0.4, 0.5) is 0 Å². The number of carbonyl (C=O) groups excluding carboxylic acids is 1. The van der Waals surface area contributed by atoms with Gasteiger partial charge in [0.05, 0.1) is 42.5 Å². The number of fused-ring (bicyclic) bond motifs is 3. The molecule has 5 rings (SSSR count). The number of rotatable bonds is 7. The highest BCUT2D eigenvalue weighted by molar-refractivity contribution is 7.99. The standard InChI is InChI=1S/C23H25N5O4S/c1-32-10-9-27-21(30)16-6-3-2-5-15(16)19(26-27)12-24-20(29)11-14-13-33-23-25-18-8-4-7-17(18)22(31)28(14)23/h2-3,5-6,14H,4,7-13H2,1H3,(H,24,29). The molecular weight excluding hydrogens is 442 g/mol. The first kappa shape index (κ1) is 21.8. The molecule has 1 N–H and O–H groups in total. The maximum absolute atomic E-state index is 13.0. The summed E-state index contributed by atoms with van der Waals surface area (Å²) < 4.78 is 8.17. The van der Waals surface area contributed by atoms with E-state index < -0.39 is 0 Å². The predicted octanol–water partition coefficient (Wildman–Crippen LogP) is 1.44. The first-order valence-electron chi connectivity index (χ1n) is 11.1. The van der Waals surface area contributed by atoms with Crippen LogP contribution in [-0.2, 0) is 35.5 Å². The molecule has 1 amide bonds. The number of hydrogen-bond donors (Lipinski definition) is 1. The normalized spacial score (nSPS) is 16.7. The van der Waals surface area contributed by atoms with Crippen molar-refractivity contribution < 1.29 is 9.53 Å². The number of methoxy groups -OCH3 is 1. The third-order valence-electron chi connectivity index (χ3n) is 6.20. The van der Waals surface area contributed by atoms with Crippen LogP contribution in [0.1, 0.15) is 35.8 Å². The third-order valence-corrected chi connectivity index (χ3v) is 7.30. The largest absolute Gasteiger partial charge is 0.383 e. The van der Waals surface area contributed by atoms with Crippen molar-refractivity contribution in [2.24, 2.45) is 0 Å². The fraction of sp³-hybridized carbons (Fsp3) is 0.435. The summed E-state index contributed by atoms with van der Waals surface area (Å²) in [5.74, 6) is 0.489.